The third-order valence-electron chi connectivity index (χ3n) is 1.85. The van der Waals surface area contributed by atoms with Gasteiger partial charge in [0.25, 0.3) is 0 Å². The number of Topliss-reactive ketones (excluding diaryl/α,β-unsaturated/α-hetero) is 2. The van der Waals surface area contributed by atoms with Crippen LogP contribution in [0.2, 0.25) is 0 Å². The first-order chi connectivity index (χ1) is 10.0. The molecule has 10 radical (unpaired) electrons. The minimum absolute atomic E-state index is 0. The maximum atomic E-state index is 11.0. The SMILES string of the molecule is [2H]C([2H])([2H])C(=O)[C]1[CH][CH][CH][CH]1.[2H]C([2H])([2H])C(=O)[C]1[CH][CH][CH][CH]1.[Fe+2]. The van der Waals surface area contributed by atoms with Gasteiger partial charge in [0, 0.05) is 20.1 Å². The summed E-state index contributed by atoms with van der Waals surface area (Å²) in [4.78, 5) is 21.9. The summed E-state index contributed by atoms with van der Waals surface area (Å²) < 4.78 is 40.8. The number of carbonyl (C=O) groups excluding carboxylic acids is 2. The molecule has 0 bridgehead atoms. The predicted molar refractivity (Wildman–Crippen MR) is 62.2 cm³/mol. The van der Waals surface area contributed by atoms with E-state index in [-0.39, 0.29) is 28.9 Å². The Kier molecular flexibility index (Phi) is 4.64. The Morgan fingerprint density at radius 1 is 0.824 bits per heavy atom. The fourth-order valence-corrected chi connectivity index (χ4v) is 1.05. The van der Waals surface area contributed by atoms with Crippen LogP contribution in [0, 0.1) is 63.2 Å². The van der Waals surface area contributed by atoms with E-state index in [9.17, 15) is 9.59 Å². The Labute approximate surface area is 124 Å². The summed E-state index contributed by atoms with van der Waals surface area (Å²) in [7, 11) is 0. The van der Waals surface area contributed by atoms with Gasteiger partial charge in [-0.25, -0.2) is 0 Å². The summed E-state index contributed by atoms with van der Waals surface area (Å²) in [6.45, 7) is -5.01. The van der Waals surface area contributed by atoms with E-state index in [1.165, 1.54) is 25.7 Å². The van der Waals surface area contributed by atoms with Crippen LogP contribution in [0.25, 0.3) is 0 Å². The largest absolute Gasteiger partial charge is 2.00 e. The van der Waals surface area contributed by atoms with Crippen molar-refractivity contribution in [3.63, 3.8) is 0 Å². The van der Waals surface area contributed by atoms with Crippen LogP contribution in [0.3, 0.4) is 0 Å². The van der Waals surface area contributed by atoms with Gasteiger partial charge in [0.15, 0.2) is 0 Å². The average molecular weight is 276 g/mol. The van der Waals surface area contributed by atoms with Crippen LogP contribution in [0.4, 0.5) is 0 Å². The topological polar surface area (TPSA) is 34.1 Å². The first-order valence-electron chi connectivity index (χ1n) is 7.56. The zero-order chi connectivity index (χ0) is 17.0. The number of ketones is 2. The third kappa shape index (κ3) is 6.38. The van der Waals surface area contributed by atoms with E-state index in [4.69, 9.17) is 8.22 Å². The fourth-order valence-electron chi connectivity index (χ4n) is 1.05. The minimum atomic E-state index is -2.51. The Hall–Kier alpha value is -0.141. The van der Waals surface area contributed by atoms with Gasteiger partial charge in [0.1, 0.15) is 11.6 Å². The van der Waals surface area contributed by atoms with E-state index < -0.39 is 25.3 Å². The zero-order valence-corrected chi connectivity index (χ0v) is 9.89. The molecule has 2 nitrogen and oxygen atoms in total. The molecule has 0 amide bonds. The molecule has 0 aliphatic heterocycles. The van der Waals surface area contributed by atoms with Crippen LogP contribution < -0.4 is 0 Å². The molecule has 0 atom stereocenters. The van der Waals surface area contributed by atoms with Gasteiger partial charge >= 0.3 is 17.1 Å². The van der Waals surface area contributed by atoms with Gasteiger partial charge in [-0.2, -0.15) is 0 Å². The maximum absolute atomic E-state index is 11.0. The molecule has 0 saturated heterocycles. The second-order valence-electron chi connectivity index (χ2n) is 3.01. The predicted octanol–water partition coefficient (Wildman–Crippen LogP) is 1.96. The summed E-state index contributed by atoms with van der Waals surface area (Å²) in [5.41, 5.74) is 0. The van der Waals surface area contributed by atoms with E-state index in [0.717, 1.165) is 0 Å². The Morgan fingerprint density at radius 2 is 1.12 bits per heavy atom. The summed E-state index contributed by atoms with van der Waals surface area (Å²) >= 11 is 0. The Morgan fingerprint density at radius 3 is 1.35 bits per heavy atom. The van der Waals surface area contributed by atoms with Gasteiger partial charge in [0.05, 0.1) is 0 Å². The normalized spacial score (nSPS) is 27.1. The molecule has 2 saturated carbocycles. The van der Waals surface area contributed by atoms with Crippen LogP contribution in [-0.4, -0.2) is 11.6 Å². The number of hydrogen-bond donors (Lipinski definition) is 0. The molecule has 0 aromatic heterocycles. The Bertz CT molecular complexity index is 355. The molecule has 2 fully saturated rings. The molecule has 0 aromatic carbocycles. The van der Waals surface area contributed by atoms with E-state index >= 15 is 0 Å². The van der Waals surface area contributed by atoms with E-state index in [1.54, 1.807) is 25.7 Å². The Balaban J connectivity index is 0.000000403. The van der Waals surface area contributed by atoms with Crippen LogP contribution in [0.15, 0.2) is 0 Å². The summed E-state index contributed by atoms with van der Waals surface area (Å²) in [6.07, 6.45) is 12.5. The number of carbonyl (C=O) groups is 2. The molecule has 2 aliphatic carbocycles. The van der Waals surface area contributed by atoms with Crippen molar-refractivity contribution in [1.29, 1.82) is 0 Å². The molecule has 2 aliphatic rings. The van der Waals surface area contributed by atoms with Crippen LogP contribution in [-0.2, 0) is 26.7 Å². The molecule has 0 spiro atoms. The molecule has 0 aromatic rings. The van der Waals surface area contributed by atoms with E-state index in [0.29, 0.717) is 0 Å². The van der Waals surface area contributed by atoms with Crippen molar-refractivity contribution >= 4 is 11.6 Å². The van der Waals surface area contributed by atoms with Crippen molar-refractivity contribution in [3.8, 4) is 0 Å². The molecular formula is C14H14FeO2+2. The summed E-state index contributed by atoms with van der Waals surface area (Å²) in [5.74, 6) is -1.07. The van der Waals surface area contributed by atoms with Crippen molar-refractivity contribution in [2.24, 2.45) is 0 Å². The quantitative estimate of drug-likeness (QED) is 0.722. The molecule has 3 heteroatoms. The van der Waals surface area contributed by atoms with Gasteiger partial charge in [-0.05, 0) is 65.1 Å². The van der Waals surface area contributed by atoms with Crippen LogP contribution in [0.1, 0.15) is 21.9 Å². The van der Waals surface area contributed by atoms with Crippen LogP contribution >= 0.6 is 0 Å². The van der Waals surface area contributed by atoms with Gasteiger partial charge in [-0.15, -0.1) is 0 Å². The average Bonchev–Trinajstić information content (AvgIpc) is 3.08. The fraction of sp³-hybridized carbons (Fsp3) is 0.143. The van der Waals surface area contributed by atoms with Crippen molar-refractivity contribution < 1.29 is 34.9 Å². The summed E-state index contributed by atoms with van der Waals surface area (Å²) in [6, 6.07) is 0. The first-order valence-corrected chi connectivity index (χ1v) is 4.56. The molecule has 2 rings (SSSR count). The molecule has 17 heavy (non-hydrogen) atoms. The van der Waals surface area contributed by atoms with E-state index in [1.807, 2.05) is 0 Å². The second-order valence-corrected chi connectivity index (χ2v) is 3.01. The van der Waals surface area contributed by atoms with Gasteiger partial charge < -0.3 is 0 Å². The van der Waals surface area contributed by atoms with Gasteiger partial charge in [0.2, 0.25) is 0 Å². The molecule has 0 N–H and O–H groups in total. The second kappa shape index (κ2) is 8.88. The first kappa shape index (κ1) is 8.87. The summed E-state index contributed by atoms with van der Waals surface area (Å²) in [5, 5.41) is 0. The maximum Gasteiger partial charge on any atom is 2.00 e. The number of hydrogen-bond acceptors (Lipinski definition) is 2. The standard InChI is InChI=1S/2C7H7O.Fe/c2*1-6(8)7-4-2-3-5-7;/h2*2-5H,1H3;/q;;+2/i2*1D3;. The smallest absolute Gasteiger partial charge is 0.299 e. The number of rotatable bonds is 2. The van der Waals surface area contributed by atoms with E-state index in [2.05, 4.69) is 0 Å². The molecule has 0 unspecified atom stereocenters. The minimum Gasteiger partial charge on any atom is -0.299 e. The van der Waals surface area contributed by atoms with Crippen LogP contribution in [0.5, 0.6) is 0 Å². The van der Waals surface area contributed by atoms with Crippen molar-refractivity contribution in [1.82, 2.24) is 0 Å². The van der Waals surface area contributed by atoms with Crippen molar-refractivity contribution in [3.05, 3.63) is 63.2 Å². The van der Waals surface area contributed by atoms with Gasteiger partial charge in [-0.3, -0.25) is 9.59 Å². The van der Waals surface area contributed by atoms with Gasteiger partial charge in [-0.1, -0.05) is 0 Å². The third-order valence-corrected chi connectivity index (χ3v) is 1.85. The molecule has 0 heterocycles. The molecular weight excluding hydrogens is 256 g/mol. The molecule has 88 valence electrons. The van der Waals surface area contributed by atoms with Crippen molar-refractivity contribution in [2.45, 2.75) is 13.7 Å². The van der Waals surface area contributed by atoms with Crippen molar-refractivity contribution in [2.75, 3.05) is 0 Å². The zero-order valence-electron chi connectivity index (χ0n) is 14.8. The monoisotopic (exact) mass is 276 g/mol.